The summed E-state index contributed by atoms with van der Waals surface area (Å²) < 4.78 is 14.3. The molecule has 28 heavy (non-hydrogen) atoms. The van der Waals surface area contributed by atoms with Crippen LogP contribution in [0, 0.1) is 9.39 Å². The van der Waals surface area contributed by atoms with Crippen molar-refractivity contribution in [2.24, 2.45) is 0 Å². The predicted molar refractivity (Wildman–Crippen MR) is 113 cm³/mol. The maximum absolute atomic E-state index is 13.2. The summed E-state index contributed by atoms with van der Waals surface area (Å²) in [7, 11) is 0. The number of rotatable bonds is 5. The Bertz CT molecular complexity index is 1160. The first-order valence-corrected chi connectivity index (χ1v) is 9.42. The standard InChI is InChI=1S/C19H14FIN6O/c20-11-2-1-3-13(6-11)24-18(28)9-14-8-17(27-26-14)25-19-15-5-4-12(21)7-16(15)22-10-23-19/h1-8,10H,9H2,(H,24,28)(H2,22,23,25,26,27). The number of aromatic amines is 1. The Hall–Kier alpha value is -3.08. The molecule has 4 aromatic rings. The minimum atomic E-state index is -0.405. The molecule has 0 saturated carbocycles. The fraction of sp³-hybridized carbons (Fsp3) is 0.0526. The number of H-pyrrole nitrogens is 1. The number of fused-ring (bicyclic) bond motifs is 1. The average Bonchev–Trinajstić information content (AvgIpc) is 3.08. The van der Waals surface area contributed by atoms with Gasteiger partial charge in [-0.25, -0.2) is 14.4 Å². The number of aromatic nitrogens is 4. The summed E-state index contributed by atoms with van der Waals surface area (Å²) in [5.74, 6) is 0.483. The van der Waals surface area contributed by atoms with Crippen molar-refractivity contribution in [3.63, 3.8) is 0 Å². The molecule has 0 aliphatic carbocycles. The molecule has 140 valence electrons. The van der Waals surface area contributed by atoms with E-state index in [4.69, 9.17) is 0 Å². The molecule has 0 bridgehead atoms. The lowest BCUT2D eigenvalue weighted by molar-refractivity contribution is -0.115. The minimum absolute atomic E-state index is 0.0773. The maximum atomic E-state index is 13.2. The Morgan fingerprint density at radius 2 is 2.04 bits per heavy atom. The van der Waals surface area contributed by atoms with Crippen LogP contribution in [0.1, 0.15) is 5.69 Å². The smallest absolute Gasteiger partial charge is 0.230 e. The SMILES string of the molecule is O=C(Cc1cc(Nc2ncnc3cc(I)ccc23)n[nH]1)Nc1cccc(F)c1. The molecule has 3 N–H and O–H groups in total. The summed E-state index contributed by atoms with van der Waals surface area (Å²) in [5.41, 5.74) is 1.85. The van der Waals surface area contributed by atoms with Gasteiger partial charge in [-0.2, -0.15) is 5.10 Å². The number of carbonyl (C=O) groups excluding carboxylic acids is 1. The number of nitrogens with one attached hydrogen (secondary N) is 3. The highest BCUT2D eigenvalue weighted by Gasteiger charge is 2.10. The number of benzene rings is 2. The first-order chi connectivity index (χ1) is 13.6. The van der Waals surface area contributed by atoms with Gasteiger partial charge in [0.15, 0.2) is 5.82 Å². The molecule has 0 spiro atoms. The van der Waals surface area contributed by atoms with Crippen LogP contribution in [-0.4, -0.2) is 26.1 Å². The van der Waals surface area contributed by atoms with E-state index in [1.54, 1.807) is 12.1 Å². The molecule has 0 aliphatic rings. The molecule has 7 nitrogen and oxygen atoms in total. The predicted octanol–water partition coefficient (Wildman–Crippen LogP) is 4.02. The molecule has 2 heterocycles. The fourth-order valence-corrected chi connectivity index (χ4v) is 3.19. The highest BCUT2D eigenvalue weighted by atomic mass is 127. The van der Waals surface area contributed by atoms with Crippen LogP contribution in [0.25, 0.3) is 10.9 Å². The summed E-state index contributed by atoms with van der Waals surface area (Å²) >= 11 is 2.23. The zero-order chi connectivity index (χ0) is 19.5. The Labute approximate surface area is 172 Å². The van der Waals surface area contributed by atoms with Crippen LogP contribution < -0.4 is 10.6 Å². The fourth-order valence-electron chi connectivity index (χ4n) is 2.71. The topological polar surface area (TPSA) is 95.6 Å². The van der Waals surface area contributed by atoms with Crippen LogP contribution in [0.4, 0.5) is 21.7 Å². The van der Waals surface area contributed by atoms with Gasteiger partial charge in [0, 0.05) is 26.4 Å². The van der Waals surface area contributed by atoms with Gasteiger partial charge in [0.25, 0.3) is 0 Å². The van der Waals surface area contributed by atoms with E-state index in [-0.39, 0.29) is 12.3 Å². The monoisotopic (exact) mass is 488 g/mol. The summed E-state index contributed by atoms with van der Waals surface area (Å²) in [4.78, 5) is 20.7. The number of hydrogen-bond donors (Lipinski definition) is 3. The maximum Gasteiger partial charge on any atom is 0.230 e. The van der Waals surface area contributed by atoms with Crippen molar-refractivity contribution in [2.75, 3.05) is 10.6 Å². The second kappa shape index (κ2) is 7.89. The van der Waals surface area contributed by atoms with Crippen molar-refractivity contribution in [1.29, 1.82) is 0 Å². The number of nitrogens with zero attached hydrogens (tertiary/aromatic N) is 3. The van der Waals surface area contributed by atoms with Crippen LogP contribution in [0.5, 0.6) is 0 Å². The van der Waals surface area contributed by atoms with Crippen molar-refractivity contribution in [1.82, 2.24) is 20.2 Å². The van der Waals surface area contributed by atoms with Crippen molar-refractivity contribution in [3.05, 3.63) is 69.9 Å². The second-order valence-electron chi connectivity index (χ2n) is 6.02. The van der Waals surface area contributed by atoms with Gasteiger partial charge in [0.2, 0.25) is 5.91 Å². The van der Waals surface area contributed by atoms with E-state index >= 15 is 0 Å². The lowest BCUT2D eigenvalue weighted by Crippen LogP contribution is -2.14. The van der Waals surface area contributed by atoms with Gasteiger partial charge in [0.1, 0.15) is 18.0 Å². The highest BCUT2D eigenvalue weighted by molar-refractivity contribution is 14.1. The molecule has 2 aromatic carbocycles. The molecule has 1 amide bonds. The van der Waals surface area contributed by atoms with Gasteiger partial charge in [-0.3, -0.25) is 9.89 Å². The third kappa shape index (κ3) is 4.25. The van der Waals surface area contributed by atoms with Gasteiger partial charge >= 0.3 is 0 Å². The summed E-state index contributed by atoms with van der Waals surface area (Å²) in [5, 5.41) is 13.7. The zero-order valence-electron chi connectivity index (χ0n) is 14.4. The van der Waals surface area contributed by atoms with Crippen molar-refractivity contribution < 1.29 is 9.18 Å². The minimum Gasteiger partial charge on any atom is -0.326 e. The molecule has 0 unspecified atom stereocenters. The highest BCUT2D eigenvalue weighted by Crippen LogP contribution is 2.23. The normalized spacial score (nSPS) is 10.8. The molecule has 0 aliphatic heterocycles. The number of anilines is 3. The van der Waals surface area contributed by atoms with Gasteiger partial charge in [-0.05, 0) is 59.0 Å². The molecule has 0 atom stereocenters. The van der Waals surface area contributed by atoms with E-state index in [0.29, 0.717) is 23.0 Å². The van der Waals surface area contributed by atoms with Crippen LogP contribution in [-0.2, 0) is 11.2 Å². The van der Waals surface area contributed by atoms with Gasteiger partial charge < -0.3 is 10.6 Å². The molecule has 2 aromatic heterocycles. The van der Waals surface area contributed by atoms with Crippen LogP contribution in [0.3, 0.4) is 0 Å². The molecular formula is C19H14FIN6O. The molecule has 4 rings (SSSR count). The molecule has 0 saturated heterocycles. The molecular weight excluding hydrogens is 474 g/mol. The molecule has 0 fully saturated rings. The van der Waals surface area contributed by atoms with E-state index in [1.165, 1.54) is 24.5 Å². The molecule has 0 radical (unpaired) electrons. The van der Waals surface area contributed by atoms with E-state index in [0.717, 1.165) is 14.5 Å². The third-order valence-corrected chi connectivity index (χ3v) is 4.61. The van der Waals surface area contributed by atoms with Gasteiger partial charge in [0.05, 0.1) is 11.9 Å². The zero-order valence-corrected chi connectivity index (χ0v) is 16.6. The number of carbonyl (C=O) groups is 1. The second-order valence-corrected chi connectivity index (χ2v) is 7.27. The Morgan fingerprint density at radius 1 is 1.14 bits per heavy atom. The van der Waals surface area contributed by atoms with Crippen molar-refractivity contribution in [3.8, 4) is 0 Å². The Balaban J connectivity index is 1.45. The third-order valence-electron chi connectivity index (χ3n) is 3.94. The van der Waals surface area contributed by atoms with E-state index in [2.05, 4.69) is 53.4 Å². The van der Waals surface area contributed by atoms with E-state index < -0.39 is 5.82 Å². The largest absolute Gasteiger partial charge is 0.326 e. The summed E-state index contributed by atoms with van der Waals surface area (Å²) in [6, 6.07) is 13.4. The molecule has 9 heteroatoms. The number of amides is 1. The van der Waals surface area contributed by atoms with Crippen LogP contribution in [0.15, 0.2) is 54.9 Å². The number of hydrogen-bond acceptors (Lipinski definition) is 5. The Kier molecular flexibility index (Phi) is 5.15. The van der Waals surface area contributed by atoms with Crippen LogP contribution in [0.2, 0.25) is 0 Å². The summed E-state index contributed by atoms with van der Waals surface area (Å²) in [6.45, 7) is 0. The van der Waals surface area contributed by atoms with Gasteiger partial charge in [-0.1, -0.05) is 6.07 Å². The van der Waals surface area contributed by atoms with E-state index in [9.17, 15) is 9.18 Å². The van der Waals surface area contributed by atoms with E-state index in [1.807, 2.05) is 18.2 Å². The van der Waals surface area contributed by atoms with Crippen molar-refractivity contribution in [2.45, 2.75) is 6.42 Å². The number of halogens is 2. The first kappa shape index (κ1) is 18.3. The lowest BCUT2D eigenvalue weighted by atomic mass is 10.2. The average molecular weight is 488 g/mol. The quantitative estimate of drug-likeness (QED) is 0.369. The van der Waals surface area contributed by atoms with Crippen molar-refractivity contribution >= 4 is 56.7 Å². The van der Waals surface area contributed by atoms with Gasteiger partial charge in [-0.15, -0.1) is 0 Å². The lowest BCUT2D eigenvalue weighted by Gasteiger charge is -2.05. The summed E-state index contributed by atoms with van der Waals surface area (Å²) in [6.07, 6.45) is 1.56. The van der Waals surface area contributed by atoms with Crippen LogP contribution >= 0.6 is 22.6 Å². The Morgan fingerprint density at radius 3 is 2.89 bits per heavy atom. The first-order valence-electron chi connectivity index (χ1n) is 8.34.